The van der Waals surface area contributed by atoms with Crippen LogP contribution in [0.5, 0.6) is 5.88 Å². The minimum absolute atomic E-state index is 0.0363. The van der Waals surface area contributed by atoms with E-state index in [0.29, 0.717) is 41.9 Å². The lowest BCUT2D eigenvalue weighted by Crippen LogP contribution is -2.60. The van der Waals surface area contributed by atoms with Gasteiger partial charge in [-0.05, 0) is 131 Å². The van der Waals surface area contributed by atoms with E-state index >= 15 is 0 Å². The summed E-state index contributed by atoms with van der Waals surface area (Å²) in [6.45, 7) is 18.3. The maximum absolute atomic E-state index is 9.87. The van der Waals surface area contributed by atoms with E-state index in [-0.39, 0.29) is 16.6 Å². The van der Waals surface area contributed by atoms with Crippen LogP contribution >= 0.6 is 0 Å². The molecule has 10 heteroatoms. The van der Waals surface area contributed by atoms with E-state index in [1.54, 1.807) is 12.4 Å². The first-order valence-electron chi connectivity index (χ1n) is 18.6. The summed E-state index contributed by atoms with van der Waals surface area (Å²) >= 11 is 0. The Morgan fingerprint density at radius 3 is 2.44 bits per heavy atom. The molecule has 5 aliphatic carbocycles. The Hall–Kier alpha value is -2.74. The number of pyridine rings is 1. The molecular weight excluding hydrogens is 615 g/mol. The third-order valence-electron chi connectivity index (χ3n) is 12.3. The topological polar surface area (TPSA) is 117 Å². The SMILES string of the molecule is CC(C)Oc1ncccc1CNc1ncc(C#N)c(NCC23CC4C[C@H](C2)C(NCC2CCC(O[Si](C)(C)C(C)(C)C)CC2)[C@@H](C4)C3)n1. The molecular formula is C38H59N7O2Si. The van der Waals surface area contributed by atoms with Crippen molar-refractivity contribution in [3.63, 3.8) is 0 Å². The van der Waals surface area contributed by atoms with Gasteiger partial charge < -0.3 is 25.1 Å². The van der Waals surface area contributed by atoms with Crippen molar-refractivity contribution in [3.05, 3.63) is 35.7 Å². The molecule has 4 bridgehead atoms. The summed E-state index contributed by atoms with van der Waals surface area (Å²) in [6, 6.07) is 6.84. The molecule has 5 fully saturated rings. The highest BCUT2D eigenvalue weighted by atomic mass is 28.4. The summed E-state index contributed by atoms with van der Waals surface area (Å²) in [4.78, 5) is 13.6. The van der Waals surface area contributed by atoms with E-state index in [0.717, 1.165) is 42.3 Å². The fourth-order valence-corrected chi connectivity index (χ4v) is 10.5. The van der Waals surface area contributed by atoms with Crippen molar-refractivity contribution in [3.8, 4) is 11.9 Å². The lowest BCUT2D eigenvalue weighted by Gasteiger charge is -2.60. The van der Waals surface area contributed by atoms with Crippen molar-refractivity contribution in [2.24, 2.45) is 29.1 Å². The summed E-state index contributed by atoms with van der Waals surface area (Å²) in [5.41, 5.74) is 1.70. The van der Waals surface area contributed by atoms with Crippen LogP contribution in [0.3, 0.4) is 0 Å². The first-order valence-corrected chi connectivity index (χ1v) is 21.5. The molecule has 9 nitrogen and oxygen atoms in total. The Morgan fingerprint density at radius 1 is 1.04 bits per heavy atom. The number of rotatable bonds is 13. The van der Waals surface area contributed by atoms with E-state index in [2.05, 4.69) is 65.9 Å². The zero-order valence-corrected chi connectivity index (χ0v) is 31.4. The highest BCUT2D eigenvalue weighted by Gasteiger charge is 2.55. The number of nitrogens with zero attached hydrogens (tertiary/aromatic N) is 4. The summed E-state index contributed by atoms with van der Waals surface area (Å²) in [5.74, 6) is 4.82. The van der Waals surface area contributed by atoms with Crippen LogP contribution in [0.4, 0.5) is 11.8 Å². The van der Waals surface area contributed by atoms with E-state index in [1.807, 2.05) is 26.0 Å². The molecule has 3 unspecified atom stereocenters. The van der Waals surface area contributed by atoms with Gasteiger partial charge in [0.15, 0.2) is 8.32 Å². The molecule has 2 aromatic rings. The predicted octanol–water partition coefficient (Wildman–Crippen LogP) is 7.92. The molecule has 7 rings (SSSR count). The Labute approximate surface area is 289 Å². The Bertz CT molecular complexity index is 1430. The van der Waals surface area contributed by atoms with Crippen LogP contribution in [0.15, 0.2) is 24.5 Å². The second-order valence-corrected chi connectivity index (χ2v) is 22.1. The Balaban J connectivity index is 1.02. The minimum Gasteiger partial charge on any atom is -0.475 e. The molecule has 2 heterocycles. The lowest BCUT2D eigenvalue weighted by atomic mass is 9.48. The van der Waals surface area contributed by atoms with Crippen LogP contribution in [-0.4, -0.2) is 54.6 Å². The predicted molar refractivity (Wildman–Crippen MR) is 194 cm³/mol. The summed E-state index contributed by atoms with van der Waals surface area (Å²) in [6.07, 6.45) is 15.4. The Kier molecular flexibility index (Phi) is 10.4. The molecule has 5 aliphatic rings. The maximum atomic E-state index is 9.87. The quantitative estimate of drug-likeness (QED) is 0.182. The van der Waals surface area contributed by atoms with Crippen LogP contribution in [0.2, 0.25) is 18.1 Å². The summed E-state index contributed by atoms with van der Waals surface area (Å²) in [7, 11) is -1.70. The van der Waals surface area contributed by atoms with E-state index in [1.165, 1.54) is 57.8 Å². The first-order chi connectivity index (χ1) is 22.8. The number of nitriles is 1. The van der Waals surface area contributed by atoms with Gasteiger partial charge in [-0.25, -0.2) is 9.97 Å². The fraction of sp³-hybridized carbons (Fsp3) is 0.737. The maximum Gasteiger partial charge on any atom is 0.224 e. The monoisotopic (exact) mass is 673 g/mol. The van der Waals surface area contributed by atoms with Crippen LogP contribution in [0.1, 0.15) is 104 Å². The van der Waals surface area contributed by atoms with E-state index < -0.39 is 8.32 Å². The number of ether oxygens (including phenoxy) is 1. The number of hydrogen-bond donors (Lipinski definition) is 3. The largest absolute Gasteiger partial charge is 0.475 e. The second kappa shape index (κ2) is 14.2. The molecule has 0 aliphatic heterocycles. The van der Waals surface area contributed by atoms with Gasteiger partial charge in [-0.15, -0.1) is 0 Å². The van der Waals surface area contributed by atoms with Crippen LogP contribution in [0, 0.1) is 40.4 Å². The summed E-state index contributed by atoms with van der Waals surface area (Å²) in [5, 5.41) is 21.3. The number of hydrogen-bond acceptors (Lipinski definition) is 9. The van der Waals surface area contributed by atoms with Crippen LogP contribution < -0.4 is 20.7 Å². The second-order valence-electron chi connectivity index (χ2n) is 17.3. The average molecular weight is 674 g/mol. The third kappa shape index (κ3) is 8.00. The average Bonchev–Trinajstić information content (AvgIpc) is 3.02. The third-order valence-corrected chi connectivity index (χ3v) is 16.8. The molecule has 0 radical (unpaired) electrons. The number of nitrogens with one attached hydrogen (secondary N) is 3. The van der Waals surface area contributed by atoms with Gasteiger partial charge >= 0.3 is 0 Å². The van der Waals surface area contributed by atoms with Gasteiger partial charge in [0.1, 0.15) is 17.5 Å². The van der Waals surface area contributed by atoms with Gasteiger partial charge in [-0.2, -0.15) is 10.2 Å². The van der Waals surface area contributed by atoms with Gasteiger partial charge in [0.05, 0.1) is 12.3 Å². The van der Waals surface area contributed by atoms with Crippen molar-refractivity contribution >= 4 is 20.1 Å². The van der Waals surface area contributed by atoms with E-state index in [4.69, 9.17) is 14.1 Å². The van der Waals surface area contributed by atoms with Crippen molar-refractivity contribution in [1.29, 1.82) is 5.26 Å². The molecule has 5 atom stereocenters. The van der Waals surface area contributed by atoms with Gasteiger partial charge in [-0.1, -0.05) is 26.8 Å². The molecule has 262 valence electrons. The standard InChI is InChI=1S/C38H59N7O2Si/c1-25(2)46-35-28(9-8-14-40-35)22-42-36-43-23-31(20-39)34(45-36)44-24-38-17-27-15-29(18-38)33(30(16-27)19-38)41-21-26-10-12-32(13-11-26)47-48(6,7)37(3,4)5/h8-9,14,23,25-27,29-30,32-33,41H,10-13,15-19,21-22,24H2,1-7H3,(H2,42,43,44,45)/t26?,27?,29-,30+,32?,33?,38?. The fourth-order valence-electron chi connectivity index (χ4n) is 9.11. The molecule has 3 N–H and O–H groups in total. The number of anilines is 2. The minimum atomic E-state index is -1.70. The molecule has 5 saturated carbocycles. The van der Waals surface area contributed by atoms with Gasteiger partial charge in [0.25, 0.3) is 0 Å². The first kappa shape index (κ1) is 35.1. The van der Waals surface area contributed by atoms with Crippen molar-refractivity contribution in [1.82, 2.24) is 20.3 Å². The Morgan fingerprint density at radius 2 is 1.77 bits per heavy atom. The van der Waals surface area contributed by atoms with Crippen molar-refractivity contribution in [2.75, 3.05) is 23.7 Å². The van der Waals surface area contributed by atoms with Crippen molar-refractivity contribution < 1.29 is 9.16 Å². The van der Waals surface area contributed by atoms with E-state index in [9.17, 15) is 5.26 Å². The number of aromatic nitrogens is 3. The molecule has 48 heavy (non-hydrogen) atoms. The highest BCUT2D eigenvalue weighted by Crippen LogP contribution is 2.60. The van der Waals surface area contributed by atoms with Crippen LogP contribution in [-0.2, 0) is 11.0 Å². The lowest BCUT2D eigenvalue weighted by molar-refractivity contribution is -0.0704. The molecule has 2 aromatic heterocycles. The van der Waals surface area contributed by atoms with Gasteiger partial charge in [-0.3, -0.25) is 0 Å². The summed E-state index contributed by atoms with van der Waals surface area (Å²) < 4.78 is 12.6. The zero-order chi connectivity index (χ0) is 34.1. The van der Waals surface area contributed by atoms with Crippen LogP contribution in [0.25, 0.3) is 0 Å². The molecule has 0 saturated heterocycles. The normalized spacial score (nSPS) is 29.9. The van der Waals surface area contributed by atoms with Crippen molar-refractivity contribution in [2.45, 2.75) is 135 Å². The zero-order valence-electron chi connectivity index (χ0n) is 30.4. The molecule has 0 aromatic carbocycles. The highest BCUT2D eigenvalue weighted by molar-refractivity contribution is 6.74. The smallest absolute Gasteiger partial charge is 0.224 e. The van der Waals surface area contributed by atoms with Gasteiger partial charge in [0, 0.05) is 37.0 Å². The molecule has 0 spiro atoms. The van der Waals surface area contributed by atoms with Gasteiger partial charge in [0.2, 0.25) is 11.8 Å². The molecule has 0 amide bonds.